The highest BCUT2D eigenvalue weighted by Gasteiger charge is 2.35. The third-order valence-electron chi connectivity index (χ3n) is 13.8. The van der Waals surface area contributed by atoms with Gasteiger partial charge in [-0.2, -0.15) is 0 Å². The fourth-order valence-corrected chi connectivity index (χ4v) is 12.1. The van der Waals surface area contributed by atoms with E-state index in [0.29, 0.717) is 0 Å². The Labute approximate surface area is 365 Å². The number of rotatable bonds is 4. The third kappa shape index (κ3) is 5.20. The Hall–Kier alpha value is -7.26. The summed E-state index contributed by atoms with van der Waals surface area (Å²) < 4.78 is 5.13. The maximum absolute atomic E-state index is 2.49. The molecule has 2 aromatic heterocycles. The minimum atomic E-state index is -0.0709. The lowest BCUT2D eigenvalue weighted by Crippen LogP contribution is -2.14. The summed E-state index contributed by atoms with van der Waals surface area (Å²) in [5.41, 5.74) is 21.9. The Morgan fingerprint density at radius 2 is 1.13 bits per heavy atom. The maximum Gasteiger partial charge on any atom is 0.0619 e. The first kappa shape index (κ1) is 35.5. The number of benzene rings is 9. The van der Waals surface area contributed by atoms with Crippen LogP contribution in [-0.4, -0.2) is 4.57 Å². The Kier molecular flexibility index (Phi) is 7.65. The van der Waals surface area contributed by atoms with Gasteiger partial charge in [0.2, 0.25) is 0 Å². The average molecular weight is 808 g/mol. The van der Waals surface area contributed by atoms with Crippen LogP contribution in [0.25, 0.3) is 104 Å². The molecule has 1 nitrogen and oxygen atoms in total. The van der Waals surface area contributed by atoms with Gasteiger partial charge in [0.05, 0.1) is 11.0 Å². The molecule has 13 rings (SSSR count). The van der Waals surface area contributed by atoms with E-state index in [9.17, 15) is 0 Å². The van der Waals surface area contributed by atoms with Gasteiger partial charge in [0.1, 0.15) is 0 Å². The largest absolute Gasteiger partial charge is 0.309 e. The first-order valence-corrected chi connectivity index (χ1v) is 22.5. The van der Waals surface area contributed by atoms with Gasteiger partial charge in [-0.15, -0.1) is 11.3 Å². The number of para-hydroxylation sites is 3. The number of thiophene rings is 1. The second-order valence-corrected chi connectivity index (χ2v) is 18.7. The van der Waals surface area contributed by atoms with Gasteiger partial charge in [0.25, 0.3) is 0 Å². The molecular weight excluding hydrogens is 767 g/mol. The first-order valence-electron chi connectivity index (χ1n) is 21.7. The smallest absolute Gasteiger partial charge is 0.0619 e. The standard InChI is InChI=1S/C60H41NS/c1-60(2)54-24-11-8-19-46(54)47-30-29-40(36-55(47)60)52-34-42(35-53-49-21-10-13-26-57(49)62-59(52)53)41-31-37-15-6-7-18-44(37)51-33-39(28-27-38(51)32-41)45-22-14-23-50-48-20-9-12-25-56(48)61(58(45)50)43-16-4-3-5-17-43/h3-31,33-36H,32H2,1-2H3. The molecule has 2 heteroatoms. The second-order valence-electron chi connectivity index (χ2n) is 17.6. The summed E-state index contributed by atoms with van der Waals surface area (Å²) >= 11 is 1.92. The van der Waals surface area contributed by atoms with Crippen molar-refractivity contribution in [3.05, 3.63) is 222 Å². The molecule has 292 valence electrons. The van der Waals surface area contributed by atoms with Crippen molar-refractivity contribution in [2.45, 2.75) is 25.7 Å². The van der Waals surface area contributed by atoms with Crippen LogP contribution in [0.15, 0.2) is 194 Å². The van der Waals surface area contributed by atoms with Crippen LogP contribution in [0.2, 0.25) is 0 Å². The molecule has 11 aromatic rings. The Morgan fingerprint density at radius 1 is 0.452 bits per heavy atom. The average Bonchev–Trinajstić information content (AvgIpc) is 3.90. The molecule has 0 spiro atoms. The van der Waals surface area contributed by atoms with Crippen LogP contribution in [0.4, 0.5) is 0 Å². The number of hydrogen-bond acceptors (Lipinski definition) is 1. The summed E-state index contributed by atoms with van der Waals surface area (Å²) in [6, 6.07) is 72.7. The van der Waals surface area contributed by atoms with Crippen molar-refractivity contribution < 1.29 is 0 Å². The van der Waals surface area contributed by atoms with Crippen LogP contribution >= 0.6 is 11.3 Å². The molecule has 2 aliphatic carbocycles. The molecule has 0 aliphatic heterocycles. The van der Waals surface area contributed by atoms with Gasteiger partial charge in [-0.1, -0.05) is 166 Å². The Bertz CT molecular complexity index is 3690. The molecule has 0 fully saturated rings. The van der Waals surface area contributed by atoms with E-state index < -0.39 is 0 Å². The molecule has 0 saturated heterocycles. The second kappa shape index (κ2) is 13.4. The topological polar surface area (TPSA) is 4.93 Å². The van der Waals surface area contributed by atoms with E-state index in [4.69, 9.17) is 0 Å². The van der Waals surface area contributed by atoms with Crippen LogP contribution in [0.1, 0.15) is 41.7 Å². The van der Waals surface area contributed by atoms with Gasteiger partial charge in [0, 0.05) is 53.2 Å². The highest BCUT2D eigenvalue weighted by atomic mass is 32.1. The number of hydrogen-bond donors (Lipinski definition) is 0. The van der Waals surface area contributed by atoms with E-state index in [1.807, 2.05) is 11.3 Å². The fraction of sp³-hybridized carbons (Fsp3) is 0.0667. The monoisotopic (exact) mass is 807 g/mol. The van der Waals surface area contributed by atoms with E-state index in [2.05, 4.69) is 219 Å². The minimum Gasteiger partial charge on any atom is -0.309 e. The molecular formula is C60H41NS. The molecule has 2 heterocycles. The molecule has 62 heavy (non-hydrogen) atoms. The summed E-state index contributed by atoms with van der Waals surface area (Å²) in [5.74, 6) is 0. The lowest BCUT2D eigenvalue weighted by atomic mass is 9.81. The summed E-state index contributed by atoms with van der Waals surface area (Å²) in [6.07, 6.45) is 3.29. The van der Waals surface area contributed by atoms with Gasteiger partial charge < -0.3 is 4.57 Å². The van der Waals surface area contributed by atoms with Gasteiger partial charge >= 0.3 is 0 Å². The van der Waals surface area contributed by atoms with Crippen LogP contribution in [0.3, 0.4) is 0 Å². The van der Waals surface area contributed by atoms with Crippen LogP contribution < -0.4 is 0 Å². The number of allylic oxidation sites excluding steroid dienone is 1. The molecule has 0 atom stereocenters. The van der Waals surface area contributed by atoms with Gasteiger partial charge in [-0.25, -0.2) is 0 Å². The van der Waals surface area contributed by atoms with E-state index in [1.165, 1.54) is 126 Å². The van der Waals surface area contributed by atoms with Crippen molar-refractivity contribution in [1.82, 2.24) is 4.57 Å². The van der Waals surface area contributed by atoms with Gasteiger partial charge in [0.15, 0.2) is 0 Å². The molecule has 0 N–H and O–H groups in total. The maximum atomic E-state index is 2.49. The van der Waals surface area contributed by atoms with Crippen LogP contribution in [0.5, 0.6) is 0 Å². The predicted octanol–water partition coefficient (Wildman–Crippen LogP) is 16.6. The van der Waals surface area contributed by atoms with E-state index in [0.717, 1.165) is 6.42 Å². The Balaban J connectivity index is 0.986. The van der Waals surface area contributed by atoms with Gasteiger partial charge in [-0.3, -0.25) is 0 Å². The van der Waals surface area contributed by atoms with Crippen molar-refractivity contribution >= 4 is 65.0 Å². The highest BCUT2D eigenvalue weighted by molar-refractivity contribution is 7.26. The van der Waals surface area contributed by atoms with Crippen molar-refractivity contribution in [3.63, 3.8) is 0 Å². The molecule has 0 saturated carbocycles. The molecule has 2 aliphatic rings. The first-order chi connectivity index (χ1) is 30.5. The number of fused-ring (bicyclic) bond motifs is 12. The molecule has 9 aromatic carbocycles. The Morgan fingerprint density at radius 3 is 2.03 bits per heavy atom. The lowest BCUT2D eigenvalue weighted by molar-refractivity contribution is 0.660. The van der Waals surface area contributed by atoms with Crippen molar-refractivity contribution in [1.29, 1.82) is 0 Å². The van der Waals surface area contributed by atoms with Crippen LogP contribution in [0, 0.1) is 0 Å². The number of aromatic nitrogens is 1. The van der Waals surface area contributed by atoms with E-state index in [-0.39, 0.29) is 5.41 Å². The van der Waals surface area contributed by atoms with Crippen LogP contribution in [-0.2, 0) is 11.8 Å². The zero-order valence-corrected chi connectivity index (χ0v) is 35.4. The predicted molar refractivity (Wildman–Crippen MR) is 266 cm³/mol. The van der Waals surface area contributed by atoms with E-state index in [1.54, 1.807) is 0 Å². The molecule has 0 radical (unpaired) electrons. The minimum absolute atomic E-state index is 0.0709. The number of nitrogens with zero attached hydrogens (tertiary/aromatic N) is 1. The summed E-state index contributed by atoms with van der Waals surface area (Å²) in [4.78, 5) is 0. The molecule has 0 bridgehead atoms. The fourth-order valence-electron chi connectivity index (χ4n) is 10.8. The third-order valence-corrected chi connectivity index (χ3v) is 15.1. The van der Waals surface area contributed by atoms with Crippen molar-refractivity contribution in [3.8, 4) is 50.2 Å². The SMILES string of the molecule is CC1(C)c2ccccc2-c2ccc(-c3cc(C4=Cc5ccccc5-c5cc(-c6cccc7c8ccccc8n(-c8ccccc8)c67)ccc5C4)cc4c3sc3ccccc34)cc21. The zero-order chi connectivity index (χ0) is 41.1. The van der Waals surface area contributed by atoms with Crippen molar-refractivity contribution in [2.24, 2.45) is 0 Å². The summed E-state index contributed by atoms with van der Waals surface area (Å²) in [6.45, 7) is 4.76. The molecule has 0 amide bonds. The zero-order valence-electron chi connectivity index (χ0n) is 34.6. The van der Waals surface area contributed by atoms with E-state index >= 15 is 0 Å². The quantitative estimate of drug-likeness (QED) is 0.167. The van der Waals surface area contributed by atoms with Crippen molar-refractivity contribution in [2.75, 3.05) is 0 Å². The normalized spacial score (nSPS) is 13.8. The lowest BCUT2D eigenvalue weighted by Gasteiger charge is -2.22. The highest BCUT2D eigenvalue weighted by Crippen LogP contribution is 2.51. The molecule has 0 unspecified atom stereocenters. The van der Waals surface area contributed by atoms with Gasteiger partial charge in [-0.05, 0) is 122 Å². The summed E-state index contributed by atoms with van der Waals surface area (Å²) in [5, 5.41) is 5.19. The summed E-state index contributed by atoms with van der Waals surface area (Å²) in [7, 11) is 0.